The van der Waals surface area contributed by atoms with Gasteiger partial charge < -0.3 is 9.80 Å². The third kappa shape index (κ3) is 6.40. The molecule has 0 aromatic heterocycles. The van der Waals surface area contributed by atoms with Crippen molar-refractivity contribution in [2.24, 2.45) is 5.92 Å². The Hall–Kier alpha value is -3.90. The Labute approximate surface area is 235 Å². The first-order valence-electron chi connectivity index (χ1n) is 13.0. The summed E-state index contributed by atoms with van der Waals surface area (Å²) in [5.41, 5.74) is 6.53. The molecule has 0 unspecified atom stereocenters. The summed E-state index contributed by atoms with van der Waals surface area (Å²) < 4.78 is 0. The second kappa shape index (κ2) is 12.3. The molecule has 3 aromatic rings. The molecule has 7 heteroatoms. The third-order valence-corrected chi connectivity index (χ3v) is 7.76. The van der Waals surface area contributed by atoms with Crippen LogP contribution in [0.25, 0.3) is 5.57 Å². The van der Waals surface area contributed by atoms with E-state index in [2.05, 4.69) is 64.4 Å². The second-order valence-corrected chi connectivity index (χ2v) is 10.8. The predicted octanol–water partition coefficient (Wildman–Crippen LogP) is 6.87. The summed E-state index contributed by atoms with van der Waals surface area (Å²) >= 11 is 6.56. The van der Waals surface area contributed by atoms with Crippen molar-refractivity contribution in [2.45, 2.75) is 24.8 Å². The highest BCUT2D eigenvalue weighted by molar-refractivity contribution is 6.31. The highest BCUT2D eigenvalue weighted by Gasteiger charge is 2.42. The van der Waals surface area contributed by atoms with Crippen molar-refractivity contribution in [1.82, 2.24) is 0 Å². The second-order valence-electron chi connectivity index (χ2n) is 10.4. The van der Waals surface area contributed by atoms with Crippen LogP contribution in [0.4, 0.5) is 11.4 Å². The van der Waals surface area contributed by atoms with Crippen LogP contribution in [0, 0.1) is 16.0 Å². The van der Waals surface area contributed by atoms with E-state index in [1.54, 1.807) is 6.07 Å². The summed E-state index contributed by atoms with van der Waals surface area (Å²) in [5, 5.41) is 12.7. The van der Waals surface area contributed by atoms with Gasteiger partial charge in [-0.1, -0.05) is 66.2 Å². The molecule has 0 aliphatic heterocycles. The quantitative estimate of drug-likeness (QED) is 0.167. The van der Waals surface area contributed by atoms with Gasteiger partial charge in [0.15, 0.2) is 0 Å². The van der Waals surface area contributed by atoms with Gasteiger partial charge in [0.2, 0.25) is 6.04 Å². The van der Waals surface area contributed by atoms with E-state index in [0.717, 1.165) is 39.9 Å². The zero-order valence-corrected chi connectivity index (χ0v) is 23.5. The van der Waals surface area contributed by atoms with E-state index in [1.807, 2.05) is 52.5 Å². The minimum absolute atomic E-state index is 0.0947. The Bertz CT molecular complexity index is 1330. The molecular weight excluding hydrogens is 510 g/mol. The molecule has 202 valence electrons. The molecule has 6 nitrogen and oxygen atoms in total. The van der Waals surface area contributed by atoms with E-state index < -0.39 is 12.0 Å². The molecule has 1 aliphatic rings. The summed E-state index contributed by atoms with van der Waals surface area (Å²) in [4.78, 5) is 27.9. The number of rotatable bonds is 9. The molecular formula is C32H34ClN3O3. The number of carbonyl (C=O) groups excluding carboxylic acids is 1. The average Bonchev–Trinajstić information content (AvgIpc) is 2.93. The number of anilines is 2. The van der Waals surface area contributed by atoms with Gasteiger partial charge in [-0.15, -0.1) is 0 Å². The Balaban J connectivity index is 1.80. The number of nitrogens with zero attached hydrogens (tertiary/aromatic N) is 3. The van der Waals surface area contributed by atoms with E-state index >= 15 is 0 Å². The van der Waals surface area contributed by atoms with Crippen LogP contribution in [0.15, 0.2) is 90.5 Å². The zero-order chi connectivity index (χ0) is 28.1. The number of carbonyl (C=O) groups is 1. The van der Waals surface area contributed by atoms with Crippen LogP contribution in [0.1, 0.15) is 35.4 Å². The minimum atomic E-state index is -0.935. The number of aldehydes is 1. The highest BCUT2D eigenvalue weighted by Crippen LogP contribution is 2.43. The normalized spacial score (nSPS) is 18.6. The number of halogens is 1. The molecule has 0 N–H and O–H groups in total. The SMILES string of the molecule is CN(C)c1ccc(C(=CC[C@H]2C=C(C=O)C[C@H]([N+](=O)[O-])[C@@H]2c2ccccc2Cl)c2ccc(N(C)C)cc2)cc1. The van der Waals surface area contributed by atoms with E-state index in [4.69, 9.17) is 11.6 Å². The van der Waals surface area contributed by atoms with E-state index in [1.165, 1.54) is 0 Å². The van der Waals surface area contributed by atoms with Gasteiger partial charge in [-0.05, 0) is 70.5 Å². The van der Waals surface area contributed by atoms with Crippen molar-refractivity contribution in [3.8, 4) is 0 Å². The molecule has 4 rings (SSSR count). The molecule has 39 heavy (non-hydrogen) atoms. The number of hydrogen-bond acceptors (Lipinski definition) is 5. The summed E-state index contributed by atoms with van der Waals surface area (Å²) in [6.45, 7) is 0. The maximum absolute atomic E-state index is 12.2. The van der Waals surface area contributed by atoms with Gasteiger partial charge in [0.25, 0.3) is 0 Å². The van der Waals surface area contributed by atoms with Gasteiger partial charge in [-0.25, -0.2) is 0 Å². The molecule has 0 spiro atoms. The lowest BCUT2D eigenvalue weighted by Gasteiger charge is -2.32. The minimum Gasteiger partial charge on any atom is -0.378 e. The van der Waals surface area contributed by atoms with Crippen molar-refractivity contribution < 1.29 is 9.72 Å². The van der Waals surface area contributed by atoms with Gasteiger partial charge in [-0.3, -0.25) is 14.9 Å². The average molecular weight is 544 g/mol. The Morgan fingerprint density at radius 2 is 1.46 bits per heavy atom. The van der Waals surface area contributed by atoms with E-state index in [9.17, 15) is 14.9 Å². The van der Waals surface area contributed by atoms with Gasteiger partial charge in [0.1, 0.15) is 6.29 Å². The summed E-state index contributed by atoms with van der Waals surface area (Å²) in [6.07, 6.45) is 5.40. The molecule has 1 aliphatic carbocycles. The summed E-state index contributed by atoms with van der Waals surface area (Å²) in [5.74, 6) is -0.728. The van der Waals surface area contributed by atoms with Crippen molar-refractivity contribution in [2.75, 3.05) is 38.0 Å². The van der Waals surface area contributed by atoms with Gasteiger partial charge in [0.05, 0.1) is 5.92 Å². The molecule has 0 radical (unpaired) electrons. The van der Waals surface area contributed by atoms with Crippen LogP contribution in [0.2, 0.25) is 5.02 Å². The fraction of sp³-hybridized carbons (Fsp3) is 0.281. The Morgan fingerprint density at radius 1 is 0.923 bits per heavy atom. The lowest BCUT2D eigenvalue weighted by atomic mass is 9.72. The maximum Gasteiger partial charge on any atom is 0.224 e. The molecule has 0 saturated carbocycles. The van der Waals surface area contributed by atoms with Crippen molar-refractivity contribution in [3.05, 3.63) is 122 Å². The molecule has 3 atom stereocenters. The number of benzene rings is 3. The van der Waals surface area contributed by atoms with Crippen LogP contribution in [0.3, 0.4) is 0 Å². The first kappa shape index (κ1) is 28.1. The fourth-order valence-corrected chi connectivity index (χ4v) is 5.59. The molecule has 0 saturated heterocycles. The van der Waals surface area contributed by atoms with Crippen LogP contribution in [-0.2, 0) is 4.79 Å². The van der Waals surface area contributed by atoms with Gasteiger partial charge >= 0.3 is 0 Å². The zero-order valence-electron chi connectivity index (χ0n) is 22.8. The molecule has 0 amide bonds. The molecule has 0 bridgehead atoms. The van der Waals surface area contributed by atoms with Crippen LogP contribution in [-0.4, -0.2) is 45.4 Å². The molecule has 0 heterocycles. The van der Waals surface area contributed by atoms with Crippen molar-refractivity contribution in [3.63, 3.8) is 0 Å². The highest BCUT2D eigenvalue weighted by atomic mass is 35.5. The van der Waals surface area contributed by atoms with Crippen LogP contribution in [0.5, 0.6) is 0 Å². The molecule has 0 fully saturated rings. The standard InChI is InChI=1S/C32H34ClN3O3/c1-34(2)26-14-9-23(10-15-26)28(24-11-16-27(17-12-24)35(3)4)18-13-25-19-22(21-37)20-31(36(38)39)32(25)29-7-5-6-8-30(29)33/h5-12,14-19,21,25,31-32H,13,20H2,1-4H3/t25-,31-,32-/m0/s1. The lowest BCUT2D eigenvalue weighted by Crippen LogP contribution is -2.36. The van der Waals surface area contributed by atoms with Gasteiger partial charge in [0, 0.05) is 55.9 Å². The fourth-order valence-electron chi connectivity index (χ4n) is 5.33. The van der Waals surface area contributed by atoms with E-state index in [0.29, 0.717) is 17.0 Å². The monoisotopic (exact) mass is 543 g/mol. The smallest absolute Gasteiger partial charge is 0.224 e. The number of nitro groups is 1. The third-order valence-electron chi connectivity index (χ3n) is 7.42. The van der Waals surface area contributed by atoms with Gasteiger partial charge in [-0.2, -0.15) is 0 Å². The first-order valence-corrected chi connectivity index (χ1v) is 13.4. The van der Waals surface area contributed by atoms with Crippen molar-refractivity contribution in [1.29, 1.82) is 0 Å². The topological polar surface area (TPSA) is 66.7 Å². The largest absolute Gasteiger partial charge is 0.378 e. The Kier molecular flexibility index (Phi) is 8.87. The molecule has 3 aromatic carbocycles. The van der Waals surface area contributed by atoms with Crippen molar-refractivity contribution >= 4 is 34.8 Å². The maximum atomic E-state index is 12.2. The predicted molar refractivity (Wildman–Crippen MR) is 160 cm³/mol. The number of hydrogen-bond donors (Lipinski definition) is 0. The summed E-state index contributed by atoms with van der Waals surface area (Å²) in [7, 11) is 8.03. The van der Waals surface area contributed by atoms with Crippen LogP contribution < -0.4 is 9.80 Å². The first-order chi connectivity index (χ1) is 18.7. The van der Waals surface area contributed by atoms with E-state index in [-0.39, 0.29) is 17.3 Å². The Morgan fingerprint density at radius 3 is 1.92 bits per heavy atom. The summed E-state index contributed by atoms with van der Waals surface area (Å²) in [6, 6.07) is 23.1. The lowest BCUT2D eigenvalue weighted by molar-refractivity contribution is -0.528. The number of allylic oxidation sites excluding steroid dienone is 2. The van der Waals surface area contributed by atoms with Crippen LogP contribution >= 0.6 is 11.6 Å².